The summed E-state index contributed by atoms with van der Waals surface area (Å²) in [6.07, 6.45) is 34.1. The maximum atomic E-state index is 11.7. The van der Waals surface area contributed by atoms with Crippen molar-refractivity contribution in [3.05, 3.63) is 101 Å². The third-order valence-corrected chi connectivity index (χ3v) is 10.5. The Morgan fingerprint density at radius 3 is 1.15 bits per heavy atom. The average molecular weight is 784 g/mol. The van der Waals surface area contributed by atoms with Crippen molar-refractivity contribution in [2.24, 2.45) is 0 Å². The molecule has 0 spiro atoms. The molecule has 2 nitrogen and oxygen atoms in total. The van der Waals surface area contributed by atoms with E-state index in [4.69, 9.17) is 0 Å². The summed E-state index contributed by atoms with van der Waals surface area (Å²) in [5.74, 6) is 0. The predicted molar refractivity (Wildman–Crippen MR) is 238 cm³/mol. The van der Waals surface area contributed by atoms with E-state index >= 15 is 0 Å². The van der Waals surface area contributed by atoms with Crippen LogP contribution in [0.15, 0.2) is 59.7 Å². The van der Waals surface area contributed by atoms with Gasteiger partial charge in [0.25, 0.3) is 0 Å². The van der Waals surface area contributed by atoms with Gasteiger partial charge < -0.3 is 19.4 Å². The molecular weight excluding hydrogens is 699 g/mol. The number of allylic oxidation sites excluding steroid dienone is 2. The summed E-state index contributed by atoms with van der Waals surface area (Å²) in [6, 6.07) is 17.9. The number of hydrogen-bond acceptors (Lipinski definition) is 0. The Hall–Kier alpha value is -1.99. The van der Waals surface area contributed by atoms with Crippen LogP contribution in [0.1, 0.15) is 224 Å². The smallest absolute Gasteiger partial charge is 0.493 e. The first kappa shape index (κ1) is 52.0. The van der Waals surface area contributed by atoms with Crippen LogP contribution in [-0.2, 0) is 29.3 Å². The molecule has 0 saturated carbocycles. The molecule has 0 radical (unpaired) electrons. The van der Waals surface area contributed by atoms with E-state index in [0.29, 0.717) is 0 Å². The van der Waals surface area contributed by atoms with Crippen LogP contribution in [0.25, 0.3) is 16.9 Å². The van der Waals surface area contributed by atoms with Gasteiger partial charge in [-0.2, -0.15) is 12.8 Å². The van der Waals surface area contributed by atoms with Gasteiger partial charge in [-0.1, -0.05) is 181 Å². The molecule has 1 aliphatic heterocycles. The summed E-state index contributed by atoms with van der Waals surface area (Å²) in [5, 5.41) is 0. The zero-order valence-corrected chi connectivity index (χ0v) is 37.3. The molecule has 1 heterocycles. The fourth-order valence-corrected chi connectivity index (χ4v) is 7.16. The molecule has 0 fully saturated rings. The number of hydrogen-bond donors (Lipinski definition) is 0. The minimum absolute atomic E-state index is 0. The van der Waals surface area contributed by atoms with E-state index in [1.54, 1.807) is 0 Å². The Morgan fingerprint density at radius 1 is 0.407 bits per heavy atom. The Morgan fingerprint density at radius 2 is 0.741 bits per heavy atom. The summed E-state index contributed by atoms with van der Waals surface area (Å²) in [4.78, 5) is 0. The van der Waals surface area contributed by atoms with Crippen molar-refractivity contribution in [1.82, 2.24) is 0 Å². The summed E-state index contributed by atoms with van der Waals surface area (Å²) < 4.78 is 1.51. The van der Waals surface area contributed by atoms with Crippen LogP contribution in [0.4, 0.5) is 0 Å². The van der Waals surface area contributed by atoms with Crippen LogP contribution in [0.5, 0.6) is 0 Å². The second-order valence-electron chi connectivity index (χ2n) is 15.3. The molecule has 3 heteroatoms. The van der Waals surface area contributed by atoms with E-state index in [1.807, 2.05) is 0 Å². The van der Waals surface area contributed by atoms with Crippen molar-refractivity contribution in [1.29, 1.82) is 0 Å². The summed E-state index contributed by atoms with van der Waals surface area (Å²) >= 11 is 0. The summed E-state index contributed by atoms with van der Waals surface area (Å²) in [7, 11) is 0. The number of unbranched alkanes of at least 4 members (excludes halogenated alkanes) is 18. The molecule has 0 unspecified atom stereocenters. The predicted octanol–water partition coefficient (Wildman–Crippen LogP) is 17.5. The van der Waals surface area contributed by atoms with Crippen LogP contribution >= 0.6 is 0 Å². The van der Waals surface area contributed by atoms with Gasteiger partial charge >= 0.3 is 16.5 Å². The molecule has 0 aliphatic carbocycles. The van der Waals surface area contributed by atoms with Gasteiger partial charge in [0.05, 0.1) is 0 Å². The SMILES string of the molecule is CCCCCCCCC1=C(c2ccc(CCCC)cc2)[N+](=[N-])C(c2ccc(CCCCC)cc2)=C1CC.[CH2-]CCCCCCC.[CH2-]CCCCCCC.[Ni+2]. The maximum Gasteiger partial charge on any atom is 2.00 e. The molecule has 0 aromatic heterocycles. The van der Waals surface area contributed by atoms with Crippen LogP contribution in [0, 0.1) is 13.8 Å². The van der Waals surface area contributed by atoms with E-state index < -0.39 is 0 Å². The largest absolute Gasteiger partial charge is 2.00 e. The Balaban J connectivity index is 0.00000138. The molecule has 0 amide bonds. The minimum Gasteiger partial charge on any atom is -0.493 e. The fraction of sp³-hybridized carbons (Fsp3) is 0.647. The average Bonchev–Trinajstić information content (AvgIpc) is 3.47. The molecule has 2 aromatic rings. The molecule has 54 heavy (non-hydrogen) atoms. The van der Waals surface area contributed by atoms with Gasteiger partial charge in [-0.15, -0.1) is 0 Å². The van der Waals surface area contributed by atoms with E-state index in [2.05, 4.69) is 104 Å². The van der Waals surface area contributed by atoms with Gasteiger partial charge in [-0.05, 0) is 80.3 Å². The normalized spacial score (nSPS) is 12.3. The van der Waals surface area contributed by atoms with E-state index in [0.717, 1.165) is 61.0 Å². The van der Waals surface area contributed by atoms with Crippen LogP contribution in [0.3, 0.4) is 0 Å². The molecule has 3 rings (SSSR count). The van der Waals surface area contributed by atoms with Gasteiger partial charge in [0.2, 0.25) is 11.4 Å². The van der Waals surface area contributed by atoms with Gasteiger partial charge in [-0.25, -0.2) is 4.70 Å². The molecule has 0 bridgehead atoms. The zero-order valence-electron chi connectivity index (χ0n) is 36.3. The second-order valence-corrected chi connectivity index (χ2v) is 15.3. The van der Waals surface area contributed by atoms with Crippen molar-refractivity contribution in [3.63, 3.8) is 0 Å². The van der Waals surface area contributed by atoms with Crippen molar-refractivity contribution in [2.75, 3.05) is 0 Å². The van der Waals surface area contributed by atoms with E-state index in [-0.39, 0.29) is 16.5 Å². The number of aryl methyl sites for hydroxylation is 2. The first-order valence-electron chi connectivity index (χ1n) is 22.7. The molecule has 1 aliphatic rings. The van der Waals surface area contributed by atoms with E-state index in [1.165, 1.54) is 162 Å². The first-order valence-corrected chi connectivity index (χ1v) is 22.7. The van der Waals surface area contributed by atoms with Crippen molar-refractivity contribution < 1.29 is 21.2 Å². The summed E-state index contributed by atoms with van der Waals surface area (Å²) in [6.45, 7) is 21.1. The van der Waals surface area contributed by atoms with E-state index in [9.17, 15) is 5.53 Å². The van der Waals surface area contributed by atoms with Crippen molar-refractivity contribution in [3.8, 4) is 0 Å². The van der Waals surface area contributed by atoms with Crippen LogP contribution in [-0.4, -0.2) is 4.70 Å². The first-order chi connectivity index (χ1) is 26.0. The van der Waals surface area contributed by atoms with Crippen LogP contribution in [0.2, 0.25) is 0 Å². The maximum absolute atomic E-state index is 11.7. The number of benzene rings is 2. The molecule has 0 atom stereocenters. The standard InChI is InChI=1S/C35H50N2.2C8H17.Ni/c1-5-9-12-13-14-16-19-33-32(8-4)34(30-24-22-29(23-25-30)18-15-10-6-2)37(36)35(33)31-26-20-28(21-27-31)17-11-7-3;2*1-3-5-7-8-6-4-2;/h20-27H,5-19H2,1-4H3;2*1,3-8H2,2H3;/q;2*-1;+2. The van der Waals surface area contributed by atoms with Gasteiger partial charge in [-0.3, -0.25) is 0 Å². The topological polar surface area (TPSA) is 25.3 Å². The Bertz CT molecular complexity index is 1210. The quantitative estimate of drug-likeness (QED) is 0.0373. The Kier molecular flexibility index (Phi) is 34.1. The number of nitrogens with zero attached hydrogens (tertiary/aromatic N) is 2. The van der Waals surface area contributed by atoms with Crippen molar-refractivity contribution >= 4 is 11.4 Å². The molecule has 0 N–H and O–H groups in total. The summed E-state index contributed by atoms with van der Waals surface area (Å²) in [5.41, 5.74) is 21.3. The van der Waals surface area contributed by atoms with Gasteiger partial charge in [0.1, 0.15) is 0 Å². The van der Waals surface area contributed by atoms with Crippen LogP contribution < -0.4 is 0 Å². The monoisotopic (exact) mass is 783 g/mol. The number of rotatable bonds is 27. The minimum atomic E-state index is 0. The third kappa shape index (κ3) is 21.4. The Labute approximate surface area is 347 Å². The molecule has 2 aromatic carbocycles. The van der Waals surface area contributed by atoms with Gasteiger partial charge in [0.15, 0.2) is 0 Å². The zero-order chi connectivity index (χ0) is 38.9. The van der Waals surface area contributed by atoms with Crippen molar-refractivity contribution in [2.45, 2.75) is 215 Å². The fourth-order valence-electron chi connectivity index (χ4n) is 7.16. The van der Waals surface area contributed by atoms with Gasteiger partial charge in [0, 0.05) is 22.3 Å². The molecular formula is C51H84N2Ni. The molecule has 308 valence electrons. The molecule has 0 saturated heterocycles. The third-order valence-electron chi connectivity index (χ3n) is 10.5. The second kappa shape index (κ2) is 35.4.